The second-order valence-corrected chi connectivity index (χ2v) is 7.54. The molecule has 2 aliphatic carbocycles. The van der Waals surface area contributed by atoms with E-state index in [0.29, 0.717) is 5.92 Å². The molecular formula is C17H22N2O. The van der Waals surface area contributed by atoms with Crippen molar-refractivity contribution >= 4 is 11.0 Å². The van der Waals surface area contributed by atoms with Gasteiger partial charge in [-0.15, -0.1) is 0 Å². The average Bonchev–Trinajstić information content (AvgIpc) is 3.04. The molecule has 0 radical (unpaired) electrons. The van der Waals surface area contributed by atoms with Gasteiger partial charge in [0.25, 0.3) is 0 Å². The molecule has 0 aliphatic heterocycles. The Morgan fingerprint density at radius 2 is 2.00 bits per heavy atom. The van der Waals surface area contributed by atoms with Gasteiger partial charge in [0.2, 0.25) is 0 Å². The molecule has 1 aromatic heterocycles. The maximum Gasteiger partial charge on any atom is 0.140 e. The Balaban J connectivity index is 1.95. The first-order chi connectivity index (χ1) is 9.38. The second-order valence-electron chi connectivity index (χ2n) is 7.54. The Hall–Kier alpha value is -1.35. The normalized spacial score (nSPS) is 38.7. The van der Waals surface area contributed by atoms with Crippen LogP contribution in [0, 0.1) is 16.7 Å². The fourth-order valence-electron chi connectivity index (χ4n) is 4.97. The van der Waals surface area contributed by atoms with Crippen molar-refractivity contribution in [3.8, 4) is 0 Å². The van der Waals surface area contributed by atoms with Gasteiger partial charge in [0.05, 0.1) is 11.0 Å². The highest BCUT2D eigenvalue weighted by Gasteiger charge is 2.70. The van der Waals surface area contributed by atoms with Crippen LogP contribution in [0.3, 0.4) is 0 Å². The van der Waals surface area contributed by atoms with Gasteiger partial charge in [-0.05, 0) is 37.3 Å². The minimum Gasteiger partial charge on any atom is -0.381 e. The second kappa shape index (κ2) is 3.45. The number of rotatable bonds is 1. The van der Waals surface area contributed by atoms with Gasteiger partial charge in [0.15, 0.2) is 0 Å². The molecule has 0 spiro atoms. The van der Waals surface area contributed by atoms with Crippen LogP contribution in [0.1, 0.15) is 45.9 Å². The zero-order valence-corrected chi connectivity index (χ0v) is 12.4. The highest BCUT2D eigenvalue weighted by atomic mass is 16.3. The molecule has 0 amide bonds. The molecule has 0 unspecified atom stereocenters. The van der Waals surface area contributed by atoms with Crippen molar-refractivity contribution in [3.63, 3.8) is 0 Å². The standard InChI is InChI=1S/C17H22N2O/c1-15(2)11-8-9-16(3,10-11)17(15,20)14-18-12-6-4-5-7-13(12)19-14/h4-7,11,20H,8-10H2,1-3H3,(H,18,19)/t11-,16+,17-/m0/s1. The van der Waals surface area contributed by atoms with Gasteiger partial charge in [-0.1, -0.05) is 32.9 Å². The van der Waals surface area contributed by atoms with E-state index in [1.165, 1.54) is 6.42 Å². The van der Waals surface area contributed by atoms with Crippen molar-refractivity contribution in [2.75, 3.05) is 0 Å². The summed E-state index contributed by atoms with van der Waals surface area (Å²) in [5.74, 6) is 1.35. The van der Waals surface area contributed by atoms with Crippen LogP contribution in [0.2, 0.25) is 0 Å². The molecule has 2 N–H and O–H groups in total. The van der Waals surface area contributed by atoms with E-state index in [1.54, 1.807) is 0 Å². The molecule has 1 aromatic carbocycles. The van der Waals surface area contributed by atoms with E-state index in [1.807, 2.05) is 24.3 Å². The molecule has 3 atom stereocenters. The number of aliphatic hydroxyl groups is 1. The van der Waals surface area contributed by atoms with Gasteiger partial charge < -0.3 is 10.1 Å². The molecule has 2 bridgehead atoms. The smallest absolute Gasteiger partial charge is 0.140 e. The summed E-state index contributed by atoms with van der Waals surface area (Å²) >= 11 is 0. The summed E-state index contributed by atoms with van der Waals surface area (Å²) in [6.07, 6.45) is 3.42. The number of H-pyrrole nitrogens is 1. The van der Waals surface area contributed by atoms with Crippen LogP contribution in [-0.2, 0) is 5.60 Å². The lowest BCUT2D eigenvalue weighted by Crippen LogP contribution is -2.52. The molecule has 3 heteroatoms. The van der Waals surface area contributed by atoms with Gasteiger partial charge in [-0.3, -0.25) is 0 Å². The molecule has 0 saturated heterocycles. The number of nitrogens with one attached hydrogen (secondary N) is 1. The van der Waals surface area contributed by atoms with Crippen molar-refractivity contribution < 1.29 is 5.11 Å². The number of fused-ring (bicyclic) bond motifs is 3. The largest absolute Gasteiger partial charge is 0.381 e. The van der Waals surface area contributed by atoms with E-state index < -0.39 is 5.60 Å². The van der Waals surface area contributed by atoms with E-state index in [2.05, 4.69) is 25.8 Å². The summed E-state index contributed by atoms with van der Waals surface area (Å²) in [6, 6.07) is 8.02. The summed E-state index contributed by atoms with van der Waals surface area (Å²) in [6.45, 7) is 6.64. The van der Waals surface area contributed by atoms with Crippen LogP contribution in [0.15, 0.2) is 24.3 Å². The van der Waals surface area contributed by atoms with Crippen molar-refractivity contribution in [2.45, 2.75) is 45.6 Å². The predicted molar refractivity (Wildman–Crippen MR) is 79.2 cm³/mol. The molecule has 2 fully saturated rings. The lowest BCUT2D eigenvalue weighted by atomic mass is 9.60. The monoisotopic (exact) mass is 270 g/mol. The van der Waals surface area contributed by atoms with Crippen LogP contribution in [0.25, 0.3) is 11.0 Å². The summed E-state index contributed by atoms with van der Waals surface area (Å²) < 4.78 is 0. The number of imidazole rings is 1. The van der Waals surface area contributed by atoms with Gasteiger partial charge in [-0.25, -0.2) is 4.98 Å². The Morgan fingerprint density at radius 1 is 1.25 bits per heavy atom. The van der Waals surface area contributed by atoms with Crippen LogP contribution in [0.5, 0.6) is 0 Å². The fraction of sp³-hybridized carbons (Fsp3) is 0.588. The summed E-state index contributed by atoms with van der Waals surface area (Å²) in [4.78, 5) is 8.10. The SMILES string of the molecule is CC1(C)[C@H]2CC[C@](C)(C2)[C@]1(O)c1nc2ccccc2[nH]1. The van der Waals surface area contributed by atoms with E-state index in [9.17, 15) is 5.11 Å². The minimum absolute atomic E-state index is 0.0605. The van der Waals surface area contributed by atoms with Gasteiger partial charge in [-0.2, -0.15) is 0 Å². The minimum atomic E-state index is -0.859. The molecule has 20 heavy (non-hydrogen) atoms. The molecule has 2 aliphatic rings. The highest BCUT2D eigenvalue weighted by Crippen LogP contribution is 2.71. The molecule has 2 aromatic rings. The first-order valence-electron chi connectivity index (χ1n) is 7.56. The Labute approximate surface area is 119 Å². The first-order valence-corrected chi connectivity index (χ1v) is 7.56. The van der Waals surface area contributed by atoms with E-state index >= 15 is 0 Å². The third-order valence-corrected chi connectivity index (χ3v) is 6.30. The lowest BCUT2D eigenvalue weighted by Gasteiger charge is -2.49. The number of aromatic nitrogens is 2. The van der Waals surface area contributed by atoms with Crippen LogP contribution in [-0.4, -0.2) is 15.1 Å². The molecule has 1 heterocycles. The maximum atomic E-state index is 11.6. The Bertz CT molecular complexity index is 649. The Morgan fingerprint density at radius 3 is 2.65 bits per heavy atom. The van der Waals surface area contributed by atoms with Gasteiger partial charge in [0, 0.05) is 10.8 Å². The molecule has 4 rings (SSSR count). The quantitative estimate of drug-likeness (QED) is 0.832. The zero-order valence-electron chi connectivity index (χ0n) is 12.4. The summed E-state index contributed by atoms with van der Waals surface area (Å²) in [7, 11) is 0. The number of aromatic amines is 1. The third-order valence-electron chi connectivity index (χ3n) is 6.30. The van der Waals surface area contributed by atoms with Crippen molar-refractivity contribution in [2.24, 2.45) is 16.7 Å². The predicted octanol–water partition coefficient (Wildman–Crippen LogP) is 3.60. The number of hydrogen-bond donors (Lipinski definition) is 2. The highest BCUT2D eigenvalue weighted by molar-refractivity contribution is 5.75. The van der Waals surface area contributed by atoms with E-state index in [-0.39, 0.29) is 10.8 Å². The van der Waals surface area contributed by atoms with Gasteiger partial charge >= 0.3 is 0 Å². The summed E-state index contributed by atoms with van der Waals surface area (Å²) in [5.41, 5.74) is 0.904. The van der Waals surface area contributed by atoms with Gasteiger partial charge in [0.1, 0.15) is 11.4 Å². The Kier molecular flexibility index (Phi) is 2.14. The van der Waals surface area contributed by atoms with Crippen LogP contribution in [0.4, 0.5) is 0 Å². The number of para-hydroxylation sites is 2. The van der Waals surface area contributed by atoms with Crippen LogP contribution >= 0.6 is 0 Å². The topological polar surface area (TPSA) is 48.9 Å². The molecular weight excluding hydrogens is 248 g/mol. The number of benzene rings is 1. The maximum absolute atomic E-state index is 11.6. The van der Waals surface area contributed by atoms with Crippen LogP contribution < -0.4 is 0 Å². The third kappa shape index (κ3) is 1.19. The molecule has 106 valence electrons. The van der Waals surface area contributed by atoms with Crippen molar-refractivity contribution in [3.05, 3.63) is 30.1 Å². The number of hydrogen-bond acceptors (Lipinski definition) is 2. The number of nitrogens with zero attached hydrogens (tertiary/aromatic N) is 1. The zero-order chi connectivity index (χ0) is 14.2. The first kappa shape index (κ1) is 12.4. The average molecular weight is 270 g/mol. The molecule has 3 nitrogen and oxygen atoms in total. The summed E-state index contributed by atoms with van der Waals surface area (Å²) in [5, 5.41) is 11.6. The molecule has 2 saturated carbocycles. The van der Waals surface area contributed by atoms with E-state index in [4.69, 9.17) is 4.98 Å². The fourth-order valence-corrected chi connectivity index (χ4v) is 4.97. The van der Waals surface area contributed by atoms with E-state index in [0.717, 1.165) is 29.7 Å². The lowest BCUT2D eigenvalue weighted by molar-refractivity contribution is -0.156. The van der Waals surface area contributed by atoms with Crippen molar-refractivity contribution in [1.29, 1.82) is 0 Å². The van der Waals surface area contributed by atoms with Crippen molar-refractivity contribution in [1.82, 2.24) is 9.97 Å².